The number of aromatic nitrogens is 4. The normalized spacial score (nSPS) is 12.6. The highest BCUT2D eigenvalue weighted by atomic mass is 32.1. The van der Waals surface area contributed by atoms with Gasteiger partial charge in [0.2, 0.25) is 6.79 Å². The molecule has 2 aromatic heterocycles. The number of benzene rings is 2. The lowest BCUT2D eigenvalue weighted by atomic mass is 10.0. The van der Waals surface area contributed by atoms with E-state index in [4.69, 9.17) is 31.4 Å². The minimum atomic E-state index is 0.242. The quantitative estimate of drug-likeness (QED) is 0.363. The average Bonchev–Trinajstić information content (AvgIpc) is 3.39. The van der Waals surface area contributed by atoms with Gasteiger partial charge in [-0.3, -0.25) is 5.10 Å². The van der Waals surface area contributed by atoms with Crippen LogP contribution >= 0.6 is 12.2 Å². The molecule has 1 aliphatic rings. The van der Waals surface area contributed by atoms with Gasteiger partial charge in [-0.25, -0.2) is 4.98 Å². The first-order valence-corrected chi connectivity index (χ1v) is 10.1. The van der Waals surface area contributed by atoms with Crippen LogP contribution in [0.3, 0.4) is 0 Å². The molecule has 0 radical (unpaired) electrons. The Kier molecular flexibility index (Phi) is 4.94. The third kappa shape index (κ3) is 3.34. The van der Waals surface area contributed by atoms with E-state index < -0.39 is 0 Å². The second-order valence-electron chi connectivity index (χ2n) is 6.99. The minimum Gasteiger partial charge on any atom is -0.454 e. The second kappa shape index (κ2) is 7.89. The van der Waals surface area contributed by atoms with Crippen LogP contribution in [0.1, 0.15) is 6.42 Å². The van der Waals surface area contributed by atoms with E-state index in [2.05, 4.69) is 22.3 Å². The summed E-state index contributed by atoms with van der Waals surface area (Å²) in [5, 5.41) is 8.50. The van der Waals surface area contributed by atoms with Crippen LogP contribution in [-0.4, -0.2) is 40.3 Å². The fourth-order valence-corrected chi connectivity index (χ4v) is 3.89. The number of methoxy groups -OCH3 is 1. The largest absolute Gasteiger partial charge is 0.454 e. The Morgan fingerprint density at radius 3 is 2.90 bits per heavy atom. The van der Waals surface area contributed by atoms with E-state index in [1.165, 1.54) is 0 Å². The molecular formula is C22H20N4O3S. The van der Waals surface area contributed by atoms with Crippen LogP contribution in [0.5, 0.6) is 11.5 Å². The van der Waals surface area contributed by atoms with Crippen molar-refractivity contribution in [1.82, 2.24) is 19.7 Å². The van der Waals surface area contributed by atoms with Gasteiger partial charge in [-0.15, -0.1) is 0 Å². The molecule has 0 bridgehead atoms. The zero-order valence-electron chi connectivity index (χ0n) is 16.4. The number of hydrogen-bond acceptors (Lipinski definition) is 6. The van der Waals surface area contributed by atoms with Gasteiger partial charge in [0, 0.05) is 36.8 Å². The number of nitrogens with one attached hydrogen (secondary N) is 1. The smallest absolute Gasteiger partial charge is 0.231 e. The Morgan fingerprint density at radius 2 is 2.00 bits per heavy atom. The maximum Gasteiger partial charge on any atom is 0.231 e. The van der Waals surface area contributed by atoms with Gasteiger partial charge in [-0.1, -0.05) is 18.2 Å². The van der Waals surface area contributed by atoms with Crippen molar-refractivity contribution in [3.05, 3.63) is 53.3 Å². The zero-order valence-corrected chi connectivity index (χ0v) is 17.2. The number of fused-ring (bicyclic) bond motifs is 2. The summed E-state index contributed by atoms with van der Waals surface area (Å²) in [6.07, 6.45) is 0.843. The van der Waals surface area contributed by atoms with Crippen molar-refractivity contribution in [3.8, 4) is 34.1 Å². The number of para-hydroxylation sites is 1. The molecule has 0 saturated carbocycles. The molecule has 7 nitrogen and oxygen atoms in total. The molecule has 8 heteroatoms. The first-order chi connectivity index (χ1) is 14.7. The summed E-state index contributed by atoms with van der Waals surface area (Å²) in [5.74, 6) is 2.27. The minimum absolute atomic E-state index is 0.242. The second-order valence-corrected chi connectivity index (χ2v) is 7.38. The number of pyridine rings is 1. The highest BCUT2D eigenvalue weighted by Crippen LogP contribution is 2.37. The first-order valence-electron chi connectivity index (χ1n) is 9.69. The molecule has 0 saturated heterocycles. The number of nitrogens with zero attached hydrogens (tertiary/aromatic N) is 3. The van der Waals surface area contributed by atoms with E-state index in [9.17, 15) is 0 Å². The van der Waals surface area contributed by atoms with Crippen molar-refractivity contribution in [2.24, 2.45) is 0 Å². The monoisotopic (exact) mass is 420 g/mol. The van der Waals surface area contributed by atoms with Crippen LogP contribution in [0.15, 0.2) is 48.5 Å². The number of hydrogen-bond donors (Lipinski definition) is 1. The standard InChI is InChI=1S/C22H20N4O3S/c1-27-10-4-9-26-21(24-25-22(26)30)16-12-18(23-17-6-3-2-5-15(16)17)14-7-8-19-20(11-14)29-13-28-19/h2-3,5-8,11-12H,4,9-10,13H2,1H3,(H,25,30). The van der Waals surface area contributed by atoms with E-state index in [-0.39, 0.29) is 6.79 Å². The Morgan fingerprint density at radius 1 is 1.13 bits per heavy atom. The van der Waals surface area contributed by atoms with Gasteiger partial charge in [0.15, 0.2) is 22.1 Å². The first kappa shape index (κ1) is 18.8. The van der Waals surface area contributed by atoms with Gasteiger partial charge in [0.25, 0.3) is 0 Å². The SMILES string of the molecule is COCCCn1c(-c2cc(-c3ccc4c(c3)OCO4)nc3ccccc23)n[nH]c1=S. The third-order valence-corrected chi connectivity index (χ3v) is 5.43. The molecule has 1 N–H and O–H groups in total. The highest BCUT2D eigenvalue weighted by Gasteiger charge is 2.18. The molecule has 30 heavy (non-hydrogen) atoms. The van der Waals surface area contributed by atoms with Gasteiger partial charge in [-0.2, -0.15) is 5.10 Å². The molecule has 3 heterocycles. The molecule has 152 valence electrons. The average molecular weight is 420 g/mol. The van der Waals surface area contributed by atoms with Gasteiger partial charge in [-0.05, 0) is 49.0 Å². The van der Waals surface area contributed by atoms with E-state index >= 15 is 0 Å². The van der Waals surface area contributed by atoms with Gasteiger partial charge in [0.1, 0.15) is 0 Å². The van der Waals surface area contributed by atoms with E-state index in [0.717, 1.165) is 51.5 Å². The topological polar surface area (TPSA) is 74.2 Å². The van der Waals surface area contributed by atoms with Crippen molar-refractivity contribution in [2.45, 2.75) is 13.0 Å². The molecule has 0 fully saturated rings. The molecule has 4 aromatic rings. The molecule has 0 amide bonds. The Bertz CT molecular complexity index is 1280. The fourth-order valence-electron chi connectivity index (χ4n) is 3.66. The molecule has 5 rings (SSSR count). The third-order valence-electron chi connectivity index (χ3n) is 5.11. The summed E-state index contributed by atoms with van der Waals surface area (Å²) < 4.78 is 18.8. The summed E-state index contributed by atoms with van der Waals surface area (Å²) in [7, 11) is 1.70. The molecule has 0 aliphatic carbocycles. The molecule has 0 atom stereocenters. The van der Waals surface area contributed by atoms with Gasteiger partial charge in [0.05, 0.1) is 11.2 Å². The van der Waals surface area contributed by atoms with Crippen molar-refractivity contribution >= 4 is 23.1 Å². The Hall–Kier alpha value is -3.23. The molecule has 1 aliphatic heterocycles. The number of H-pyrrole nitrogens is 1. The van der Waals surface area contributed by atoms with Crippen LogP contribution in [0.25, 0.3) is 33.5 Å². The van der Waals surface area contributed by atoms with Crippen LogP contribution < -0.4 is 9.47 Å². The molecular weight excluding hydrogens is 400 g/mol. The Labute approximate surface area is 178 Å². The van der Waals surface area contributed by atoms with Crippen molar-refractivity contribution in [2.75, 3.05) is 20.5 Å². The predicted molar refractivity (Wildman–Crippen MR) is 116 cm³/mol. The summed E-state index contributed by atoms with van der Waals surface area (Å²) >= 11 is 5.48. The maximum atomic E-state index is 5.54. The highest BCUT2D eigenvalue weighted by molar-refractivity contribution is 7.71. The fraction of sp³-hybridized carbons (Fsp3) is 0.227. The Balaban J connectivity index is 1.67. The lowest BCUT2D eigenvalue weighted by Crippen LogP contribution is -2.04. The van der Waals surface area contributed by atoms with Crippen LogP contribution in [0.4, 0.5) is 0 Å². The van der Waals surface area contributed by atoms with Crippen molar-refractivity contribution < 1.29 is 14.2 Å². The number of aromatic amines is 1. The van der Waals surface area contributed by atoms with Gasteiger partial charge >= 0.3 is 0 Å². The summed E-state index contributed by atoms with van der Waals surface area (Å²) in [6.45, 7) is 1.62. The number of ether oxygens (including phenoxy) is 3. The van der Waals surface area contributed by atoms with Crippen LogP contribution in [0.2, 0.25) is 0 Å². The summed E-state index contributed by atoms with van der Waals surface area (Å²) in [5.41, 5.74) is 3.64. The van der Waals surface area contributed by atoms with E-state index in [1.54, 1.807) is 7.11 Å². The van der Waals surface area contributed by atoms with Crippen LogP contribution in [0, 0.1) is 4.77 Å². The summed E-state index contributed by atoms with van der Waals surface area (Å²) in [4.78, 5) is 4.88. The van der Waals surface area contributed by atoms with Crippen molar-refractivity contribution in [1.29, 1.82) is 0 Å². The van der Waals surface area contributed by atoms with Crippen LogP contribution in [-0.2, 0) is 11.3 Å². The molecule has 0 unspecified atom stereocenters. The zero-order chi connectivity index (χ0) is 20.5. The lowest BCUT2D eigenvalue weighted by molar-refractivity contribution is 0.174. The lowest BCUT2D eigenvalue weighted by Gasteiger charge is -2.12. The number of rotatable bonds is 6. The van der Waals surface area contributed by atoms with E-state index in [1.807, 2.05) is 41.0 Å². The molecule has 0 spiro atoms. The van der Waals surface area contributed by atoms with Crippen molar-refractivity contribution in [3.63, 3.8) is 0 Å². The predicted octanol–water partition coefficient (Wildman–Crippen LogP) is 4.59. The van der Waals surface area contributed by atoms with Gasteiger partial charge < -0.3 is 18.8 Å². The molecule has 2 aromatic carbocycles. The maximum absolute atomic E-state index is 5.54. The summed E-state index contributed by atoms with van der Waals surface area (Å²) in [6, 6.07) is 16.0. The van der Waals surface area contributed by atoms with E-state index in [0.29, 0.717) is 17.9 Å².